The van der Waals surface area contributed by atoms with Crippen LogP contribution in [0, 0.1) is 0 Å². The number of hydrogen-bond acceptors (Lipinski definition) is 3. The van der Waals surface area contributed by atoms with Crippen LogP contribution < -0.4 is 0 Å². The highest BCUT2D eigenvalue weighted by molar-refractivity contribution is 7.80. The number of nitrogens with zero attached hydrogens (tertiary/aromatic N) is 1. The molecule has 0 amide bonds. The van der Waals surface area contributed by atoms with E-state index in [1.165, 1.54) is 0 Å². The van der Waals surface area contributed by atoms with E-state index in [2.05, 4.69) is 13.8 Å². The summed E-state index contributed by atoms with van der Waals surface area (Å²) in [6.45, 7) is 7.31. The van der Waals surface area contributed by atoms with Crippen LogP contribution in [0.5, 0.6) is 0 Å². The normalized spacial score (nSPS) is 16.8. The van der Waals surface area contributed by atoms with Crippen LogP contribution in [-0.2, 0) is 9.47 Å². The second-order valence-corrected chi connectivity index (χ2v) is 3.06. The van der Waals surface area contributed by atoms with Gasteiger partial charge in [0, 0.05) is 13.1 Å². The van der Waals surface area contributed by atoms with Gasteiger partial charge in [0.15, 0.2) is 0 Å². The van der Waals surface area contributed by atoms with E-state index in [0.29, 0.717) is 18.4 Å². The Labute approximate surface area is 78.6 Å². The minimum atomic E-state index is 0.193. The Morgan fingerprint density at radius 1 is 1.50 bits per heavy atom. The molecule has 1 saturated heterocycles. The van der Waals surface area contributed by atoms with Crippen molar-refractivity contribution in [2.24, 2.45) is 0 Å². The molecule has 1 rings (SSSR count). The van der Waals surface area contributed by atoms with Crippen molar-refractivity contribution in [3.05, 3.63) is 0 Å². The molecule has 0 radical (unpaired) electrons. The lowest BCUT2D eigenvalue weighted by atomic mass is 10.3. The van der Waals surface area contributed by atoms with E-state index in [1.54, 1.807) is 0 Å². The lowest BCUT2D eigenvalue weighted by Gasteiger charge is -2.30. The first-order valence-electron chi connectivity index (χ1n) is 4.31. The van der Waals surface area contributed by atoms with Gasteiger partial charge in [0.05, 0.1) is 13.2 Å². The second-order valence-electron chi connectivity index (χ2n) is 2.72. The van der Waals surface area contributed by atoms with Crippen molar-refractivity contribution < 1.29 is 9.47 Å². The van der Waals surface area contributed by atoms with Crippen molar-refractivity contribution in [2.45, 2.75) is 20.0 Å². The molecule has 0 bridgehead atoms. The molecular weight excluding hydrogens is 174 g/mol. The zero-order valence-electron chi connectivity index (χ0n) is 7.58. The third kappa shape index (κ3) is 2.32. The summed E-state index contributed by atoms with van der Waals surface area (Å²) in [4.78, 5) is 2.02. The van der Waals surface area contributed by atoms with E-state index in [4.69, 9.17) is 21.7 Å². The third-order valence-electron chi connectivity index (χ3n) is 1.90. The Balaban J connectivity index is 2.24. The van der Waals surface area contributed by atoms with E-state index in [1.807, 2.05) is 4.90 Å². The molecule has 1 aliphatic heterocycles. The van der Waals surface area contributed by atoms with Crippen molar-refractivity contribution in [3.63, 3.8) is 0 Å². The molecule has 12 heavy (non-hydrogen) atoms. The highest BCUT2D eigenvalue weighted by atomic mass is 32.1. The molecule has 0 aromatic rings. The van der Waals surface area contributed by atoms with Gasteiger partial charge in [0.1, 0.15) is 6.10 Å². The summed E-state index contributed by atoms with van der Waals surface area (Å²) in [5.41, 5.74) is 0. The van der Waals surface area contributed by atoms with Gasteiger partial charge in [-0.25, -0.2) is 0 Å². The molecule has 0 aromatic heterocycles. The summed E-state index contributed by atoms with van der Waals surface area (Å²) >= 11 is 5.10. The van der Waals surface area contributed by atoms with Crippen LogP contribution in [-0.4, -0.2) is 42.5 Å². The average Bonchev–Trinajstić information content (AvgIpc) is 1.99. The molecule has 1 heterocycles. The largest absolute Gasteiger partial charge is 0.463 e. The highest BCUT2D eigenvalue weighted by Crippen LogP contribution is 2.07. The van der Waals surface area contributed by atoms with Gasteiger partial charge in [-0.3, -0.25) is 0 Å². The first-order valence-corrected chi connectivity index (χ1v) is 4.72. The number of ether oxygens (including phenoxy) is 2. The fourth-order valence-electron chi connectivity index (χ4n) is 0.981. The summed E-state index contributed by atoms with van der Waals surface area (Å²) in [6.07, 6.45) is 0.193. The second kappa shape index (κ2) is 4.62. The van der Waals surface area contributed by atoms with Crippen LogP contribution in [0.15, 0.2) is 0 Å². The van der Waals surface area contributed by atoms with Gasteiger partial charge in [0.2, 0.25) is 0 Å². The minimum Gasteiger partial charge on any atom is -0.463 e. The average molecular weight is 189 g/mol. The molecule has 0 saturated carbocycles. The lowest BCUT2D eigenvalue weighted by Crippen LogP contribution is -2.42. The van der Waals surface area contributed by atoms with E-state index >= 15 is 0 Å². The maximum Gasteiger partial charge on any atom is 0.259 e. The standard InChI is InChI=1S/C8H15NO2S/c1-3-9(4-2)8(12)11-7-5-10-6-7/h7H,3-6H2,1-2H3. The Morgan fingerprint density at radius 2 is 2.08 bits per heavy atom. The van der Waals surface area contributed by atoms with Gasteiger partial charge in [-0.05, 0) is 26.1 Å². The third-order valence-corrected chi connectivity index (χ3v) is 2.25. The van der Waals surface area contributed by atoms with Gasteiger partial charge < -0.3 is 14.4 Å². The minimum absolute atomic E-state index is 0.193. The molecule has 0 aliphatic carbocycles. The van der Waals surface area contributed by atoms with Crippen molar-refractivity contribution in [2.75, 3.05) is 26.3 Å². The molecule has 0 aromatic carbocycles. The van der Waals surface area contributed by atoms with Crippen molar-refractivity contribution in [1.82, 2.24) is 4.90 Å². The quantitative estimate of drug-likeness (QED) is 0.618. The zero-order chi connectivity index (χ0) is 8.97. The maximum absolute atomic E-state index is 5.46. The molecule has 1 aliphatic rings. The summed E-state index contributed by atoms with van der Waals surface area (Å²) in [6, 6.07) is 0. The van der Waals surface area contributed by atoms with Crippen LogP contribution >= 0.6 is 12.2 Å². The number of rotatable bonds is 3. The van der Waals surface area contributed by atoms with Crippen LogP contribution in [0.2, 0.25) is 0 Å². The Morgan fingerprint density at radius 3 is 2.42 bits per heavy atom. The van der Waals surface area contributed by atoms with Gasteiger partial charge in [-0.1, -0.05) is 0 Å². The molecular formula is C8H15NO2S. The van der Waals surface area contributed by atoms with Crippen molar-refractivity contribution >= 4 is 17.4 Å². The van der Waals surface area contributed by atoms with Gasteiger partial charge in [0.25, 0.3) is 5.17 Å². The van der Waals surface area contributed by atoms with Crippen LogP contribution in [0.3, 0.4) is 0 Å². The first kappa shape index (κ1) is 9.74. The zero-order valence-corrected chi connectivity index (χ0v) is 8.39. The molecule has 0 atom stereocenters. The lowest BCUT2D eigenvalue weighted by molar-refractivity contribution is -0.0897. The smallest absolute Gasteiger partial charge is 0.259 e. The predicted octanol–water partition coefficient (Wildman–Crippen LogP) is 1.03. The van der Waals surface area contributed by atoms with Crippen molar-refractivity contribution in [3.8, 4) is 0 Å². The maximum atomic E-state index is 5.46. The fourth-order valence-corrected chi connectivity index (χ4v) is 1.38. The Kier molecular flexibility index (Phi) is 3.75. The summed E-state index contributed by atoms with van der Waals surface area (Å²) in [5.74, 6) is 0. The van der Waals surface area contributed by atoms with Crippen LogP contribution in [0.4, 0.5) is 0 Å². The number of hydrogen-bond donors (Lipinski definition) is 0. The van der Waals surface area contributed by atoms with E-state index in [0.717, 1.165) is 13.1 Å². The Hall–Kier alpha value is -0.350. The molecule has 0 N–H and O–H groups in total. The van der Waals surface area contributed by atoms with Gasteiger partial charge >= 0.3 is 0 Å². The van der Waals surface area contributed by atoms with Gasteiger partial charge in [-0.15, -0.1) is 0 Å². The summed E-state index contributed by atoms with van der Waals surface area (Å²) in [5, 5.41) is 0.605. The first-order chi connectivity index (χ1) is 5.77. The molecule has 3 nitrogen and oxygen atoms in total. The topological polar surface area (TPSA) is 21.7 Å². The van der Waals surface area contributed by atoms with Gasteiger partial charge in [-0.2, -0.15) is 0 Å². The molecule has 0 spiro atoms. The summed E-state index contributed by atoms with van der Waals surface area (Å²) in [7, 11) is 0. The van der Waals surface area contributed by atoms with Crippen molar-refractivity contribution in [1.29, 1.82) is 0 Å². The SMILES string of the molecule is CCN(CC)C(=S)OC1COC1. The van der Waals surface area contributed by atoms with E-state index in [9.17, 15) is 0 Å². The number of thiocarbonyl (C=S) groups is 1. The molecule has 1 fully saturated rings. The molecule has 70 valence electrons. The fraction of sp³-hybridized carbons (Fsp3) is 0.875. The van der Waals surface area contributed by atoms with E-state index < -0.39 is 0 Å². The van der Waals surface area contributed by atoms with E-state index in [-0.39, 0.29) is 6.10 Å². The molecule has 0 unspecified atom stereocenters. The summed E-state index contributed by atoms with van der Waals surface area (Å²) < 4.78 is 10.4. The Bertz CT molecular complexity index is 155. The monoisotopic (exact) mass is 189 g/mol. The molecule has 4 heteroatoms. The predicted molar refractivity (Wildman–Crippen MR) is 51.2 cm³/mol. The van der Waals surface area contributed by atoms with Crippen LogP contribution in [0.1, 0.15) is 13.8 Å². The highest BCUT2D eigenvalue weighted by Gasteiger charge is 2.22. The van der Waals surface area contributed by atoms with Crippen LogP contribution in [0.25, 0.3) is 0 Å².